The topological polar surface area (TPSA) is 33.2 Å². The molecule has 0 atom stereocenters. The highest BCUT2D eigenvalue weighted by Crippen LogP contribution is 2.33. The van der Waals surface area contributed by atoms with Crippen molar-refractivity contribution in [2.75, 3.05) is 7.05 Å². The van der Waals surface area contributed by atoms with Crippen molar-refractivity contribution < 1.29 is 4.79 Å². The smallest absolute Gasteiger partial charge is 0.273 e. The van der Waals surface area contributed by atoms with Gasteiger partial charge in [0.2, 0.25) is 0 Å². The van der Waals surface area contributed by atoms with Gasteiger partial charge in [0.25, 0.3) is 5.91 Å². The average Bonchev–Trinajstić information content (AvgIpc) is 3.19. The van der Waals surface area contributed by atoms with Gasteiger partial charge in [-0.3, -0.25) is 4.79 Å². The molecule has 3 aromatic heterocycles. The van der Waals surface area contributed by atoms with Crippen LogP contribution in [-0.2, 0) is 6.54 Å². The van der Waals surface area contributed by atoms with Crippen LogP contribution in [0.2, 0.25) is 8.67 Å². The van der Waals surface area contributed by atoms with Gasteiger partial charge in [-0.25, -0.2) is 4.98 Å². The average molecular weight is 389 g/mol. The first-order valence-corrected chi connectivity index (χ1v) is 9.50. The highest BCUT2D eigenvalue weighted by molar-refractivity contribution is 7.23. The number of halogens is 2. The zero-order valence-electron chi connectivity index (χ0n) is 11.4. The van der Waals surface area contributed by atoms with Crippen LogP contribution < -0.4 is 0 Å². The summed E-state index contributed by atoms with van der Waals surface area (Å²) in [5, 5.41) is 2.59. The van der Waals surface area contributed by atoms with E-state index in [1.54, 1.807) is 17.3 Å². The lowest BCUT2D eigenvalue weighted by atomic mass is 10.3. The van der Waals surface area contributed by atoms with Crippen LogP contribution in [0.4, 0.5) is 0 Å². The Kier molecular flexibility index (Phi) is 4.84. The minimum absolute atomic E-state index is 0.102. The van der Waals surface area contributed by atoms with Crippen LogP contribution in [0.5, 0.6) is 0 Å². The van der Waals surface area contributed by atoms with Crippen molar-refractivity contribution in [3.8, 4) is 9.88 Å². The lowest BCUT2D eigenvalue weighted by Gasteiger charge is -2.14. The van der Waals surface area contributed by atoms with Crippen molar-refractivity contribution in [2.24, 2.45) is 0 Å². The molecule has 3 rings (SSSR count). The fourth-order valence-electron chi connectivity index (χ4n) is 1.85. The Morgan fingerprint density at radius 3 is 2.55 bits per heavy atom. The van der Waals surface area contributed by atoms with Crippen LogP contribution in [0.25, 0.3) is 9.88 Å². The Balaban J connectivity index is 1.73. The Labute approximate surface area is 149 Å². The van der Waals surface area contributed by atoms with E-state index < -0.39 is 0 Å². The highest BCUT2D eigenvalue weighted by atomic mass is 35.5. The van der Waals surface area contributed by atoms with Crippen molar-refractivity contribution in [1.29, 1.82) is 0 Å². The second-order valence-corrected chi connectivity index (χ2v) is 8.88. The van der Waals surface area contributed by atoms with Crippen LogP contribution in [-0.4, -0.2) is 22.8 Å². The lowest BCUT2D eigenvalue weighted by molar-refractivity contribution is 0.0781. The monoisotopic (exact) mass is 388 g/mol. The lowest BCUT2D eigenvalue weighted by Crippen LogP contribution is -2.26. The summed E-state index contributed by atoms with van der Waals surface area (Å²) in [5.74, 6) is -0.102. The number of nitrogens with zero attached hydrogens (tertiary/aromatic N) is 2. The van der Waals surface area contributed by atoms with Crippen LogP contribution in [0.1, 0.15) is 15.4 Å². The zero-order chi connectivity index (χ0) is 15.7. The summed E-state index contributed by atoms with van der Waals surface area (Å²) >= 11 is 16.2. The van der Waals surface area contributed by atoms with E-state index in [9.17, 15) is 4.79 Å². The summed E-state index contributed by atoms with van der Waals surface area (Å²) in [6, 6.07) is 7.51. The molecule has 0 saturated heterocycles. The third-order valence-electron chi connectivity index (χ3n) is 2.88. The number of hydrogen-bond acceptors (Lipinski definition) is 5. The molecule has 3 aromatic rings. The predicted molar refractivity (Wildman–Crippen MR) is 95.6 cm³/mol. The van der Waals surface area contributed by atoms with Crippen molar-refractivity contribution >= 4 is 63.1 Å². The van der Waals surface area contributed by atoms with E-state index in [0.717, 1.165) is 19.1 Å². The maximum Gasteiger partial charge on any atom is 0.273 e. The van der Waals surface area contributed by atoms with Crippen LogP contribution >= 0.6 is 57.2 Å². The molecule has 0 saturated carbocycles. The van der Waals surface area contributed by atoms with Crippen molar-refractivity contribution in [1.82, 2.24) is 9.88 Å². The third kappa shape index (κ3) is 3.52. The van der Waals surface area contributed by atoms with Gasteiger partial charge >= 0.3 is 0 Å². The molecule has 0 aromatic carbocycles. The van der Waals surface area contributed by atoms with Gasteiger partial charge in [-0.05, 0) is 24.3 Å². The zero-order valence-corrected chi connectivity index (χ0v) is 15.3. The number of thiazole rings is 1. The summed E-state index contributed by atoms with van der Waals surface area (Å²) in [5.41, 5.74) is 0.453. The van der Waals surface area contributed by atoms with Gasteiger partial charge in [0.05, 0.1) is 20.1 Å². The number of thiophene rings is 2. The number of hydrogen-bond donors (Lipinski definition) is 0. The molecule has 3 nitrogen and oxygen atoms in total. The van der Waals surface area contributed by atoms with Gasteiger partial charge in [0.15, 0.2) is 0 Å². The Morgan fingerprint density at radius 2 is 1.91 bits per heavy atom. The standard InChI is InChI=1S/C14H10Cl2N2OS3/c1-18(6-8-2-4-11(15)21-8)14(19)9-7-20-13(17-9)10-3-5-12(16)22-10/h2-5,7H,6H2,1H3. The normalized spacial score (nSPS) is 10.9. The summed E-state index contributed by atoms with van der Waals surface area (Å²) in [6.07, 6.45) is 0. The second-order valence-electron chi connectivity index (χ2n) is 4.51. The fraction of sp³-hybridized carbons (Fsp3) is 0.143. The fourth-order valence-corrected chi connectivity index (χ4v) is 4.90. The number of rotatable bonds is 4. The predicted octanol–water partition coefficient (Wildman–Crippen LogP) is 5.51. The SMILES string of the molecule is CN(Cc1ccc(Cl)s1)C(=O)c1csc(-c2ccc(Cl)s2)n1. The quantitative estimate of drug-likeness (QED) is 0.589. The van der Waals surface area contributed by atoms with E-state index in [4.69, 9.17) is 23.2 Å². The van der Waals surface area contributed by atoms with E-state index in [0.29, 0.717) is 16.6 Å². The van der Waals surface area contributed by atoms with E-state index in [1.165, 1.54) is 34.0 Å². The molecule has 0 aliphatic carbocycles. The molecule has 0 bridgehead atoms. The molecule has 1 amide bonds. The molecule has 0 aliphatic rings. The third-order valence-corrected chi connectivity index (χ3v) is 6.33. The number of carbonyl (C=O) groups is 1. The van der Waals surface area contributed by atoms with Gasteiger partial charge in [0.1, 0.15) is 10.7 Å². The molecule has 3 heterocycles. The highest BCUT2D eigenvalue weighted by Gasteiger charge is 2.17. The first-order valence-electron chi connectivity index (χ1n) is 6.24. The van der Waals surface area contributed by atoms with Gasteiger partial charge in [-0.15, -0.1) is 34.0 Å². The van der Waals surface area contributed by atoms with E-state index in [2.05, 4.69) is 4.98 Å². The molecule has 114 valence electrons. The number of carbonyl (C=O) groups excluding carboxylic acids is 1. The Hall–Kier alpha value is -0.920. The van der Waals surface area contributed by atoms with Crippen LogP contribution in [0.15, 0.2) is 29.6 Å². The van der Waals surface area contributed by atoms with Gasteiger partial charge in [-0.2, -0.15) is 0 Å². The Morgan fingerprint density at radius 1 is 1.18 bits per heavy atom. The molecule has 22 heavy (non-hydrogen) atoms. The molecule has 0 radical (unpaired) electrons. The summed E-state index contributed by atoms with van der Waals surface area (Å²) in [4.78, 5) is 20.5. The summed E-state index contributed by atoms with van der Waals surface area (Å²) in [7, 11) is 1.76. The molecule has 0 N–H and O–H groups in total. The van der Waals surface area contributed by atoms with Crippen molar-refractivity contribution in [2.45, 2.75) is 6.54 Å². The number of aromatic nitrogens is 1. The molecule has 0 aliphatic heterocycles. The summed E-state index contributed by atoms with van der Waals surface area (Å²) in [6.45, 7) is 0.522. The second kappa shape index (κ2) is 6.68. The van der Waals surface area contributed by atoms with Gasteiger partial charge in [0, 0.05) is 17.3 Å². The number of amides is 1. The van der Waals surface area contributed by atoms with Gasteiger partial charge in [-0.1, -0.05) is 23.2 Å². The Bertz CT molecular complexity index is 808. The molecule has 0 fully saturated rings. The van der Waals surface area contributed by atoms with Crippen molar-refractivity contribution in [3.05, 3.63) is 48.9 Å². The van der Waals surface area contributed by atoms with E-state index in [-0.39, 0.29) is 5.91 Å². The molecule has 0 unspecified atom stereocenters. The van der Waals surface area contributed by atoms with Gasteiger partial charge < -0.3 is 4.90 Å². The minimum Gasteiger partial charge on any atom is -0.335 e. The first-order chi connectivity index (χ1) is 10.5. The maximum absolute atomic E-state index is 12.4. The molecular weight excluding hydrogens is 379 g/mol. The summed E-state index contributed by atoms with van der Waals surface area (Å²) < 4.78 is 1.44. The van der Waals surface area contributed by atoms with E-state index in [1.807, 2.05) is 24.3 Å². The van der Waals surface area contributed by atoms with Crippen molar-refractivity contribution in [3.63, 3.8) is 0 Å². The molecule has 0 spiro atoms. The maximum atomic E-state index is 12.4. The largest absolute Gasteiger partial charge is 0.335 e. The van der Waals surface area contributed by atoms with Crippen LogP contribution in [0.3, 0.4) is 0 Å². The van der Waals surface area contributed by atoms with Crippen LogP contribution in [0, 0.1) is 0 Å². The first kappa shape index (κ1) is 16.0. The molecular formula is C14H10Cl2N2OS3. The minimum atomic E-state index is -0.102. The molecule has 8 heteroatoms. The van der Waals surface area contributed by atoms with E-state index >= 15 is 0 Å².